The summed E-state index contributed by atoms with van der Waals surface area (Å²) in [5.74, 6) is 1.87. The number of benzene rings is 1. The summed E-state index contributed by atoms with van der Waals surface area (Å²) in [4.78, 5) is 19.5. The van der Waals surface area contributed by atoms with E-state index in [4.69, 9.17) is 9.15 Å². The first-order chi connectivity index (χ1) is 13.8. The summed E-state index contributed by atoms with van der Waals surface area (Å²) in [7, 11) is 0. The molecule has 0 radical (unpaired) electrons. The van der Waals surface area contributed by atoms with Crippen molar-refractivity contribution in [2.75, 3.05) is 37.5 Å². The number of rotatable bonds is 6. The first kappa shape index (κ1) is 18.8. The molecule has 146 valence electrons. The Labute approximate surface area is 168 Å². The molecule has 1 aromatic carbocycles. The maximum atomic E-state index is 12.7. The number of ether oxygens (including phenoxy) is 1. The third-order valence-electron chi connectivity index (χ3n) is 4.79. The molecular weight excluding hydrogens is 374 g/mol. The zero-order valence-corrected chi connectivity index (χ0v) is 16.6. The number of hydrogen-bond acceptors (Lipinski definition) is 6. The normalized spacial score (nSPS) is 14.4. The first-order valence-electron chi connectivity index (χ1n) is 9.31. The molecule has 4 rings (SSSR count). The fraction of sp³-hybridized carbons (Fsp3) is 0.333. The number of anilines is 1. The number of carbonyl (C=O) groups excluding carboxylic acids is 1. The number of thioether (sulfide) groups is 1. The largest absolute Gasteiger partial charge is 0.451 e. The van der Waals surface area contributed by atoms with Gasteiger partial charge in [0.25, 0.3) is 5.91 Å². The van der Waals surface area contributed by atoms with Crippen LogP contribution in [0.3, 0.4) is 0 Å². The topological polar surface area (TPSA) is 67.6 Å². The predicted molar refractivity (Wildman–Crippen MR) is 112 cm³/mol. The van der Waals surface area contributed by atoms with Crippen LogP contribution < -0.4 is 10.2 Å². The average Bonchev–Trinajstić information content (AvgIpc) is 3.12. The van der Waals surface area contributed by atoms with E-state index in [1.165, 1.54) is 0 Å². The van der Waals surface area contributed by atoms with Crippen LogP contribution in [0.1, 0.15) is 21.7 Å². The van der Waals surface area contributed by atoms with Crippen LogP contribution >= 0.6 is 11.8 Å². The Hall–Kier alpha value is -2.51. The van der Waals surface area contributed by atoms with Gasteiger partial charge < -0.3 is 19.4 Å². The number of carbonyl (C=O) groups is 1. The van der Waals surface area contributed by atoms with Crippen molar-refractivity contribution >= 4 is 34.5 Å². The molecule has 7 heteroatoms. The second-order valence-electron chi connectivity index (χ2n) is 6.65. The van der Waals surface area contributed by atoms with Crippen LogP contribution in [0.15, 0.2) is 47.0 Å². The van der Waals surface area contributed by atoms with Crippen LogP contribution in [0, 0.1) is 0 Å². The molecule has 1 aliphatic heterocycles. The molecule has 1 fully saturated rings. The van der Waals surface area contributed by atoms with Crippen molar-refractivity contribution in [2.45, 2.75) is 12.3 Å². The van der Waals surface area contributed by atoms with Crippen LogP contribution in [0.4, 0.5) is 5.82 Å². The van der Waals surface area contributed by atoms with Gasteiger partial charge in [-0.15, -0.1) is 0 Å². The lowest BCUT2D eigenvalue weighted by Gasteiger charge is -2.27. The van der Waals surface area contributed by atoms with E-state index in [1.54, 1.807) is 11.8 Å². The van der Waals surface area contributed by atoms with Crippen molar-refractivity contribution in [1.29, 1.82) is 0 Å². The van der Waals surface area contributed by atoms with E-state index in [1.807, 2.05) is 48.9 Å². The highest BCUT2D eigenvalue weighted by molar-refractivity contribution is 7.97. The lowest BCUT2D eigenvalue weighted by atomic mass is 10.1. The first-order valence-corrected chi connectivity index (χ1v) is 10.7. The molecule has 0 saturated carbocycles. The molecule has 0 spiro atoms. The quantitative estimate of drug-likeness (QED) is 0.687. The lowest BCUT2D eigenvalue weighted by Crippen LogP contribution is -2.36. The molecule has 28 heavy (non-hydrogen) atoms. The zero-order valence-electron chi connectivity index (χ0n) is 15.8. The Morgan fingerprint density at radius 1 is 1.21 bits per heavy atom. The number of fused-ring (bicyclic) bond motifs is 1. The third kappa shape index (κ3) is 4.00. The number of para-hydroxylation sites is 1. The van der Waals surface area contributed by atoms with Crippen LogP contribution in [-0.2, 0) is 17.0 Å². The standard InChI is InChI=1S/C21H23N3O3S/c1-28-14-17-16-4-2-3-5-18(16)27-20(17)21(25)23-13-15-6-7-19(22-12-15)24-8-10-26-11-9-24/h2-7,12H,8-11,13-14H2,1H3,(H,23,25). The minimum atomic E-state index is -0.197. The second-order valence-corrected chi connectivity index (χ2v) is 7.51. The van der Waals surface area contributed by atoms with E-state index in [2.05, 4.69) is 15.2 Å². The number of amides is 1. The number of hydrogen-bond donors (Lipinski definition) is 1. The highest BCUT2D eigenvalue weighted by Crippen LogP contribution is 2.28. The molecule has 3 aromatic rings. The number of nitrogens with zero attached hydrogens (tertiary/aromatic N) is 2. The number of furan rings is 1. The van der Waals surface area contributed by atoms with Crippen molar-refractivity contribution in [3.05, 3.63) is 59.5 Å². The summed E-state index contributed by atoms with van der Waals surface area (Å²) in [6.45, 7) is 3.58. The minimum Gasteiger partial charge on any atom is -0.451 e. The van der Waals surface area contributed by atoms with Crippen LogP contribution in [-0.4, -0.2) is 43.5 Å². The van der Waals surface area contributed by atoms with E-state index in [0.717, 1.165) is 60.0 Å². The molecule has 0 bridgehead atoms. The van der Waals surface area contributed by atoms with Gasteiger partial charge in [0.2, 0.25) is 0 Å². The van der Waals surface area contributed by atoms with Crippen LogP contribution in [0.5, 0.6) is 0 Å². The van der Waals surface area contributed by atoms with Gasteiger partial charge in [0.1, 0.15) is 11.4 Å². The van der Waals surface area contributed by atoms with Crippen molar-refractivity contribution in [2.24, 2.45) is 0 Å². The molecule has 2 aromatic heterocycles. The molecule has 0 unspecified atom stereocenters. The third-order valence-corrected chi connectivity index (χ3v) is 5.37. The Kier molecular flexibility index (Phi) is 5.83. The molecule has 1 N–H and O–H groups in total. The van der Waals surface area contributed by atoms with E-state index < -0.39 is 0 Å². The van der Waals surface area contributed by atoms with Gasteiger partial charge in [0.15, 0.2) is 5.76 Å². The minimum absolute atomic E-state index is 0.197. The molecule has 3 heterocycles. The molecule has 0 atom stereocenters. The van der Waals surface area contributed by atoms with Gasteiger partial charge in [-0.05, 0) is 24.0 Å². The Morgan fingerprint density at radius 2 is 2.04 bits per heavy atom. The monoisotopic (exact) mass is 397 g/mol. The highest BCUT2D eigenvalue weighted by Gasteiger charge is 2.20. The lowest BCUT2D eigenvalue weighted by molar-refractivity contribution is 0.0924. The van der Waals surface area contributed by atoms with Crippen molar-refractivity contribution in [3.8, 4) is 0 Å². The summed E-state index contributed by atoms with van der Waals surface area (Å²) in [5, 5.41) is 3.96. The SMILES string of the molecule is CSCc1c(C(=O)NCc2ccc(N3CCOCC3)nc2)oc2ccccc12. The fourth-order valence-electron chi connectivity index (χ4n) is 3.33. The summed E-state index contributed by atoms with van der Waals surface area (Å²) in [6.07, 6.45) is 3.83. The second kappa shape index (κ2) is 8.67. The summed E-state index contributed by atoms with van der Waals surface area (Å²) in [5.41, 5.74) is 2.64. The predicted octanol–water partition coefficient (Wildman–Crippen LogP) is 3.46. The van der Waals surface area contributed by atoms with Gasteiger partial charge in [0, 0.05) is 42.5 Å². The molecule has 6 nitrogen and oxygen atoms in total. The van der Waals surface area contributed by atoms with Crippen molar-refractivity contribution in [3.63, 3.8) is 0 Å². The Morgan fingerprint density at radius 3 is 2.79 bits per heavy atom. The summed E-state index contributed by atoms with van der Waals surface area (Å²) >= 11 is 1.67. The maximum Gasteiger partial charge on any atom is 0.287 e. The molecule has 1 amide bonds. The average molecular weight is 398 g/mol. The summed E-state index contributed by atoms with van der Waals surface area (Å²) in [6, 6.07) is 11.8. The smallest absolute Gasteiger partial charge is 0.287 e. The maximum absolute atomic E-state index is 12.7. The van der Waals surface area contributed by atoms with Gasteiger partial charge in [-0.25, -0.2) is 4.98 Å². The Balaban J connectivity index is 1.44. The molecule has 1 aliphatic rings. The van der Waals surface area contributed by atoms with Crippen molar-refractivity contribution < 1.29 is 13.9 Å². The van der Waals surface area contributed by atoms with Gasteiger partial charge in [-0.1, -0.05) is 24.3 Å². The fourth-order valence-corrected chi connectivity index (χ4v) is 3.91. The number of aromatic nitrogens is 1. The number of morpholine rings is 1. The van der Waals surface area contributed by atoms with E-state index in [-0.39, 0.29) is 5.91 Å². The van der Waals surface area contributed by atoms with Crippen LogP contribution in [0.2, 0.25) is 0 Å². The van der Waals surface area contributed by atoms with Gasteiger partial charge in [-0.3, -0.25) is 4.79 Å². The van der Waals surface area contributed by atoms with Gasteiger partial charge in [0.05, 0.1) is 13.2 Å². The van der Waals surface area contributed by atoms with Gasteiger partial charge in [-0.2, -0.15) is 11.8 Å². The molecular formula is C21H23N3O3S. The number of pyridine rings is 1. The zero-order chi connectivity index (χ0) is 19.3. The number of nitrogens with one attached hydrogen (secondary N) is 1. The van der Waals surface area contributed by atoms with E-state index in [0.29, 0.717) is 12.3 Å². The Bertz CT molecular complexity index is 949. The summed E-state index contributed by atoms with van der Waals surface area (Å²) < 4.78 is 11.2. The highest BCUT2D eigenvalue weighted by atomic mass is 32.2. The van der Waals surface area contributed by atoms with E-state index >= 15 is 0 Å². The van der Waals surface area contributed by atoms with Crippen LogP contribution in [0.25, 0.3) is 11.0 Å². The molecule has 1 saturated heterocycles. The molecule has 0 aliphatic carbocycles. The van der Waals surface area contributed by atoms with Crippen molar-refractivity contribution in [1.82, 2.24) is 10.3 Å². The van der Waals surface area contributed by atoms with Gasteiger partial charge >= 0.3 is 0 Å². The van der Waals surface area contributed by atoms with E-state index in [9.17, 15) is 4.79 Å².